The van der Waals surface area contributed by atoms with Gasteiger partial charge in [-0.15, -0.1) is 0 Å². The van der Waals surface area contributed by atoms with Gasteiger partial charge in [-0.3, -0.25) is 4.90 Å². The van der Waals surface area contributed by atoms with Gasteiger partial charge in [0.25, 0.3) is 0 Å². The van der Waals surface area contributed by atoms with E-state index in [4.69, 9.17) is 4.74 Å². The number of aromatic nitrogens is 2. The lowest BCUT2D eigenvalue weighted by Gasteiger charge is -2.30. The molecule has 1 saturated heterocycles. The quantitative estimate of drug-likeness (QED) is 0.534. The number of rotatable bonds is 7. The van der Waals surface area contributed by atoms with Crippen LogP contribution in [0.25, 0.3) is 16.7 Å². The molecule has 0 bridgehead atoms. The molecule has 1 fully saturated rings. The zero-order valence-electron chi connectivity index (χ0n) is 19.4. The van der Waals surface area contributed by atoms with Gasteiger partial charge in [0.1, 0.15) is 12.0 Å². The van der Waals surface area contributed by atoms with E-state index in [1.54, 1.807) is 0 Å². The Bertz CT molecular complexity index is 902. The van der Waals surface area contributed by atoms with Crippen molar-refractivity contribution in [2.45, 2.75) is 27.2 Å². The lowest BCUT2D eigenvalue weighted by Crippen LogP contribution is -2.44. The second kappa shape index (κ2) is 12.8. The molecule has 1 aliphatic heterocycles. The maximum absolute atomic E-state index is 10.1. The van der Waals surface area contributed by atoms with Gasteiger partial charge in [0.15, 0.2) is 0 Å². The number of piperazine rings is 1. The standard InChI is InChI=1S/C17H21N3O.C7H14N2O/c1-5-7-12(3)21-16(6-2)13-8-9-14-11-19-17(18-4)20-15(14)10-13;1-8-2-4-9(5-3-8)6-7-10/h6-11H,5H2,1-4H3,(H,18,19,20);7H,2-6H2,1H3/b12-7+,16-6-;. The van der Waals surface area contributed by atoms with Gasteiger partial charge in [0.2, 0.25) is 5.95 Å². The molecule has 7 nitrogen and oxygen atoms in total. The van der Waals surface area contributed by atoms with Crippen molar-refractivity contribution in [1.29, 1.82) is 0 Å². The minimum atomic E-state index is 0.605. The minimum Gasteiger partial charge on any atom is -0.462 e. The maximum atomic E-state index is 10.1. The van der Waals surface area contributed by atoms with Crippen LogP contribution in [0.2, 0.25) is 0 Å². The second-order valence-corrected chi connectivity index (χ2v) is 7.47. The van der Waals surface area contributed by atoms with E-state index in [1.807, 2.05) is 51.4 Å². The first-order valence-corrected chi connectivity index (χ1v) is 10.8. The second-order valence-electron chi connectivity index (χ2n) is 7.47. The molecule has 0 aliphatic carbocycles. The molecule has 2 heterocycles. The van der Waals surface area contributed by atoms with Crippen LogP contribution in [-0.4, -0.2) is 72.9 Å². The molecule has 1 aliphatic rings. The Kier molecular flexibility index (Phi) is 10.1. The molecule has 0 spiro atoms. The fourth-order valence-electron chi connectivity index (χ4n) is 3.22. The molecule has 0 amide bonds. The van der Waals surface area contributed by atoms with Crippen molar-refractivity contribution >= 4 is 28.9 Å². The summed E-state index contributed by atoms with van der Waals surface area (Å²) < 4.78 is 5.89. The Balaban J connectivity index is 0.000000285. The highest BCUT2D eigenvalue weighted by molar-refractivity contribution is 5.82. The fraction of sp³-hybridized carbons (Fsp3) is 0.458. The van der Waals surface area contributed by atoms with Crippen LogP contribution in [0.15, 0.2) is 42.3 Å². The average Bonchev–Trinajstić information content (AvgIpc) is 2.79. The molecular weight excluding hydrogens is 390 g/mol. The van der Waals surface area contributed by atoms with Crippen molar-refractivity contribution in [1.82, 2.24) is 19.8 Å². The zero-order chi connectivity index (χ0) is 22.6. The summed E-state index contributed by atoms with van der Waals surface area (Å²) in [6.07, 6.45) is 7.78. The van der Waals surface area contributed by atoms with Crippen molar-refractivity contribution in [2.24, 2.45) is 0 Å². The van der Waals surface area contributed by atoms with Crippen molar-refractivity contribution < 1.29 is 9.53 Å². The number of anilines is 1. The lowest BCUT2D eigenvalue weighted by atomic mass is 10.1. The third-order valence-corrected chi connectivity index (χ3v) is 5.04. The largest absolute Gasteiger partial charge is 0.462 e. The first-order chi connectivity index (χ1) is 15.0. The van der Waals surface area contributed by atoms with Crippen LogP contribution < -0.4 is 5.32 Å². The highest BCUT2D eigenvalue weighted by Gasteiger charge is 2.12. The van der Waals surface area contributed by atoms with E-state index in [9.17, 15) is 4.79 Å². The summed E-state index contributed by atoms with van der Waals surface area (Å²) in [6.45, 7) is 10.9. The number of nitrogens with zero attached hydrogens (tertiary/aromatic N) is 4. The average molecular weight is 426 g/mol. The van der Waals surface area contributed by atoms with Crippen molar-refractivity contribution in [3.63, 3.8) is 0 Å². The van der Waals surface area contributed by atoms with E-state index in [0.29, 0.717) is 12.5 Å². The SMILES string of the molecule is C/C=C(\O/C(C)=C/CC)c1ccc2cnc(NC)nc2c1.CN1CCN(CC=O)CC1. The van der Waals surface area contributed by atoms with E-state index >= 15 is 0 Å². The molecule has 0 radical (unpaired) electrons. The van der Waals surface area contributed by atoms with Crippen LogP contribution in [0.3, 0.4) is 0 Å². The van der Waals surface area contributed by atoms with Gasteiger partial charge >= 0.3 is 0 Å². The van der Waals surface area contributed by atoms with Crippen molar-refractivity contribution in [2.75, 3.05) is 52.1 Å². The Labute approximate surface area is 185 Å². The Morgan fingerprint density at radius 2 is 2.00 bits per heavy atom. The van der Waals surface area contributed by atoms with Gasteiger partial charge in [-0.2, -0.15) is 0 Å². The molecule has 7 heteroatoms. The Morgan fingerprint density at radius 3 is 2.61 bits per heavy atom. The predicted octanol–water partition coefficient (Wildman–Crippen LogP) is 3.80. The summed E-state index contributed by atoms with van der Waals surface area (Å²) in [5.74, 6) is 2.36. The molecule has 3 rings (SSSR count). The number of fused-ring (bicyclic) bond motifs is 1. The van der Waals surface area contributed by atoms with Crippen LogP contribution in [0.1, 0.15) is 32.8 Å². The van der Waals surface area contributed by atoms with Gasteiger partial charge in [-0.05, 0) is 45.5 Å². The monoisotopic (exact) mass is 425 g/mol. The van der Waals surface area contributed by atoms with E-state index in [2.05, 4.69) is 45.1 Å². The van der Waals surface area contributed by atoms with E-state index in [0.717, 1.165) is 66.9 Å². The molecule has 168 valence electrons. The summed E-state index contributed by atoms with van der Waals surface area (Å²) in [6, 6.07) is 6.06. The maximum Gasteiger partial charge on any atom is 0.222 e. The number of hydrogen-bond donors (Lipinski definition) is 1. The third-order valence-electron chi connectivity index (χ3n) is 5.04. The number of allylic oxidation sites excluding steroid dienone is 3. The number of carbonyl (C=O) groups excluding carboxylic acids is 1. The first-order valence-electron chi connectivity index (χ1n) is 10.8. The fourth-order valence-corrected chi connectivity index (χ4v) is 3.22. The number of carbonyl (C=O) groups is 1. The number of likely N-dealkylation sites (N-methyl/N-ethyl adjacent to an activating group) is 1. The highest BCUT2D eigenvalue weighted by Crippen LogP contribution is 2.23. The Hall–Kier alpha value is -2.77. The van der Waals surface area contributed by atoms with Crippen molar-refractivity contribution in [3.8, 4) is 0 Å². The topological polar surface area (TPSA) is 70.6 Å². The summed E-state index contributed by atoms with van der Waals surface area (Å²) >= 11 is 0. The smallest absolute Gasteiger partial charge is 0.222 e. The van der Waals surface area contributed by atoms with Crippen LogP contribution in [0, 0.1) is 0 Å². The summed E-state index contributed by atoms with van der Waals surface area (Å²) in [7, 11) is 3.92. The van der Waals surface area contributed by atoms with Crippen LogP contribution in [0.5, 0.6) is 0 Å². The third kappa shape index (κ3) is 7.77. The molecular formula is C24H35N5O2. The van der Waals surface area contributed by atoms with E-state index in [1.165, 1.54) is 0 Å². The molecule has 2 aromatic rings. The Morgan fingerprint density at radius 1 is 1.26 bits per heavy atom. The zero-order valence-corrected chi connectivity index (χ0v) is 19.4. The number of benzene rings is 1. The summed E-state index contributed by atoms with van der Waals surface area (Å²) in [5, 5.41) is 3.96. The molecule has 0 unspecified atom stereocenters. The predicted molar refractivity (Wildman–Crippen MR) is 128 cm³/mol. The summed E-state index contributed by atoms with van der Waals surface area (Å²) in [5.41, 5.74) is 1.90. The van der Waals surface area contributed by atoms with Crippen molar-refractivity contribution in [3.05, 3.63) is 47.9 Å². The number of aldehydes is 1. The van der Waals surface area contributed by atoms with E-state index in [-0.39, 0.29) is 0 Å². The number of ether oxygens (including phenoxy) is 1. The number of nitrogens with one attached hydrogen (secondary N) is 1. The van der Waals surface area contributed by atoms with Gasteiger partial charge in [0, 0.05) is 50.4 Å². The first kappa shape index (κ1) is 24.5. The molecule has 0 saturated carbocycles. The molecule has 1 N–H and O–H groups in total. The van der Waals surface area contributed by atoms with Crippen LogP contribution in [-0.2, 0) is 9.53 Å². The molecule has 1 aromatic heterocycles. The van der Waals surface area contributed by atoms with Gasteiger partial charge in [0.05, 0.1) is 17.8 Å². The lowest BCUT2D eigenvalue weighted by molar-refractivity contribution is -0.109. The molecule has 1 aromatic carbocycles. The van der Waals surface area contributed by atoms with Crippen LogP contribution >= 0.6 is 0 Å². The molecule has 0 atom stereocenters. The molecule has 31 heavy (non-hydrogen) atoms. The highest BCUT2D eigenvalue weighted by atomic mass is 16.5. The van der Waals surface area contributed by atoms with Gasteiger partial charge < -0.3 is 19.7 Å². The van der Waals surface area contributed by atoms with Gasteiger partial charge in [-0.1, -0.05) is 19.1 Å². The van der Waals surface area contributed by atoms with Gasteiger partial charge in [-0.25, -0.2) is 9.97 Å². The van der Waals surface area contributed by atoms with E-state index < -0.39 is 0 Å². The van der Waals surface area contributed by atoms with Crippen LogP contribution in [0.4, 0.5) is 5.95 Å². The number of hydrogen-bond acceptors (Lipinski definition) is 7. The normalized spacial score (nSPS) is 15.9. The minimum absolute atomic E-state index is 0.605. The summed E-state index contributed by atoms with van der Waals surface area (Å²) in [4.78, 5) is 23.2.